The third-order valence-corrected chi connectivity index (χ3v) is 5.57. The van der Waals surface area contributed by atoms with E-state index in [4.69, 9.17) is 0 Å². The lowest BCUT2D eigenvalue weighted by Gasteiger charge is -2.15. The molecular weight excluding hydrogens is 372 g/mol. The Morgan fingerprint density at radius 1 is 1.18 bits per heavy atom. The summed E-state index contributed by atoms with van der Waals surface area (Å²) in [6.45, 7) is 2.09. The van der Waals surface area contributed by atoms with E-state index in [9.17, 15) is 14.7 Å². The summed E-state index contributed by atoms with van der Waals surface area (Å²) in [5, 5.41) is 17.6. The van der Waals surface area contributed by atoms with Gasteiger partial charge >= 0.3 is 5.97 Å². The topological polar surface area (TPSA) is 79.3 Å². The number of aromatic nitrogens is 1. The third kappa shape index (κ3) is 5.39. The Hall–Kier alpha value is -2.73. The fraction of sp³-hybridized carbons (Fsp3) is 0.318. The molecule has 0 aliphatic heterocycles. The first kappa shape index (κ1) is 20.0. The van der Waals surface area contributed by atoms with Gasteiger partial charge in [0, 0.05) is 18.3 Å². The number of carboxylic acid groups (broad SMARTS) is 1. The minimum Gasteiger partial charge on any atom is -0.481 e. The Morgan fingerprint density at radius 3 is 2.71 bits per heavy atom. The number of carboxylic acids is 1. The lowest BCUT2D eigenvalue weighted by atomic mass is 9.94. The standard InChI is InChI=1S/C22H24N2O3S/c1-15-24-19(14-28-15)9-5-11-21(25)23-13-18(22(26)27)12-17-8-4-7-16-6-2-3-10-20(16)17/h2-4,6-8,10,14,18H,5,9,11-13H2,1H3,(H,23,25)(H,26,27). The van der Waals surface area contributed by atoms with Crippen LogP contribution in [0, 0.1) is 12.8 Å². The van der Waals surface area contributed by atoms with Crippen molar-refractivity contribution in [3.8, 4) is 0 Å². The molecule has 0 radical (unpaired) electrons. The van der Waals surface area contributed by atoms with Crippen LogP contribution in [0.2, 0.25) is 0 Å². The number of carbonyl (C=O) groups is 2. The van der Waals surface area contributed by atoms with Crippen molar-refractivity contribution >= 4 is 34.0 Å². The molecule has 0 fully saturated rings. The van der Waals surface area contributed by atoms with Gasteiger partial charge in [0.05, 0.1) is 16.6 Å². The molecule has 0 aliphatic carbocycles. The second kappa shape index (κ2) is 9.46. The summed E-state index contributed by atoms with van der Waals surface area (Å²) in [6.07, 6.45) is 2.22. The van der Waals surface area contributed by atoms with Gasteiger partial charge in [0.2, 0.25) is 5.91 Å². The monoisotopic (exact) mass is 396 g/mol. The minimum absolute atomic E-state index is 0.115. The Morgan fingerprint density at radius 2 is 1.96 bits per heavy atom. The lowest BCUT2D eigenvalue weighted by Crippen LogP contribution is -2.34. The molecule has 3 aromatic rings. The van der Waals surface area contributed by atoms with E-state index < -0.39 is 11.9 Å². The summed E-state index contributed by atoms with van der Waals surface area (Å²) >= 11 is 1.61. The zero-order chi connectivity index (χ0) is 19.9. The number of aliphatic carboxylic acids is 1. The molecular formula is C22H24N2O3S. The van der Waals surface area contributed by atoms with Crippen LogP contribution in [0.4, 0.5) is 0 Å². The summed E-state index contributed by atoms with van der Waals surface area (Å²) < 4.78 is 0. The van der Waals surface area contributed by atoms with Gasteiger partial charge in [-0.15, -0.1) is 11.3 Å². The fourth-order valence-corrected chi connectivity index (χ4v) is 3.91. The molecule has 0 saturated carbocycles. The average Bonchev–Trinajstić information content (AvgIpc) is 3.10. The van der Waals surface area contributed by atoms with Gasteiger partial charge in [-0.05, 0) is 42.5 Å². The molecule has 6 heteroatoms. The van der Waals surface area contributed by atoms with Gasteiger partial charge in [0.15, 0.2) is 0 Å². The largest absolute Gasteiger partial charge is 0.481 e. The number of hydrogen-bond acceptors (Lipinski definition) is 4. The van der Waals surface area contributed by atoms with Crippen molar-refractivity contribution in [3.05, 3.63) is 64.1 Å². The summed E-state index contributed by atoms with van der Waals surface area (Å²) in [7, 11) is 0. The first-order valence-corrected chi connectivity index (χ1v) is 10.3. The molecule has 3 rings (SSSR count). The Labute approximate surface area is 168 Å². The molecule has 0 spiro atoms. The van der Waals surface area contributed by atoms with Gasteiger partial charge in [-0.1, -0.05) is 42.5 Å². The predicted molar refractivity (Wildman–Crippen MR) is 112 cm³/mol. The Bertz CT molecular complexity index is 962. The number of nitrogens with one attached hydrogen (secondary N) is 1. The van der Waals surface area contributed by atoms with E-state index in [-0.39, 0.29) is 12.5 Å². The summed E-state index contributed by atoms with van der Waals surface area (Å²) in [4.78, 5) is 28.2. The first-order valence-electron chi connectivity index (χ1n) is 9.40. The van der Waals surface area contributed by atoms with E-state index in [1.165, 1.54) is 0 Å². The Balaban J connectivity index is 1.53. The normalized spacial score (nSPS) is 12.0. The van der Waals surface area contributed by atoms with E-state index in [2.05, 4.69) is 10.3 Å². The lowest BCUT2D eigenvalue weighted by molar-refractivity contribution is -0.141. The van der Waals surface area contributed by atoms with Crippen LogP contribution >= 0.6 is 11.3 Å². The second-order valence-electron chi connectivity index (χ2n) is 6.89. The first-order chi connectivity index (χ1) is 13.5. The highest BCUT2D eigenvalue weighted by Crippen LogP contribution is 2.21. The number of hydrogen-bond donors (Lipinski definition) is 2. The van der Waals surface area contributed by atoms with Gasteiger partial charge < -0.3 is 10.4 Å². The van der Waals surface area contributed by atoms with Crippen molar-refractivity contribution in [2.75, 3.05) is 6.54 Å². The number of amides is 1. The van der Waals surface area contributed by atoms with Crippen molar-refractivity contribution in [3.63, 3.8) is 0 Å². The Kier molecular flexibility index (Phi) is 6.76. The van der Waals surface area contributed by atoms with Crippen molar-refractivity contribution in [2.45, 2.75) is 32.6 Å². The molecule has 1 aromatic heterocycles. The quantitative estimate of drug-likeness (QED) is 0.573. The van der Waals surface area contributed by atoms with E-state index in [0.717, 1.165) is 33.5 Å². The highest BCUT2D eigenvalue weighted by Gasteiger charge is 2.20. The number of benzene rings is 2. The molecule has 1 atom stereocenters. The third-order valence-electron chi connectivity index (χ3n) is 4.74. The van der Waals surface area contributed by atoms with Gasteiger partial charge in [-0.2, -0.15) is 0 Å². The summed E-state index contributed by atoms with van der Waals surface area (Å²) in [6, 6.07) is 13.8. The predicted octanol–water partition coefficient (Wildman–Crippen LogP) is 3.99. The molecule has 0 aliphatic rings. The number of thiazole rings is 1. The van der Waals surface area contributed by atoms with Crippen molar-refractivity contribution in [1.29, 1.82) is 0 Å². The van der Waals surface area contributed by atoms with Crippen LogP contribution in [0.3, 0.4) is 0 Å². The molecule has 2 aromatic carbocycles. The molecule has 2 N–H and O–H groups in total. The molecule has 0 saturated heterocycles. The van der Waals surface area contributed by atoms with Crippen LogP contribution in [0.5, 0.6) is 0 Å². The van der Waals surface area contributed by atoms with E-state index in [0.29, 0.717) is 19.3 Å². The maximum Gasteiger partial charge on any atom is 0.308 e. The molecule has 0 bridgehead atoms. The number of aryl methyl sites for hydroxylation is 2. The summed E-state index contributed by atoms with van der Waals surface area (Å²) in [5.74, 6) is -1.67. The van der Waals surface area contributed by atoms with Gasteiger partial charge in [0.25, 0.3) is 0 Å². The molecule has 146 valence electrons. The zero-order valence-corrected chi connectivity index (χ0v) is 16.7. The smallest absolute Gasteiger partial charge is 0.308 e. The molecule has 1 heterocycles. The van der Waals surface area contributed by atoms with E-state index in [1.807, 2.05) is 54.8 Å². The molecule has 1 unspecified atom stereocenters. The second-order valence-corrected chi connectivity index (χ2v) is 7.96. The van der Waals surface area contributed by atoms with Crippen molar-refractivity contribution < 1.29 is 14.7 Å². The van der Waals surface area contributed by atoms with Crippen LogP contribution in [-0.4, -0.2) is 28.5 Å². The number of carbonyl (C=O) groups excluding carboxylic acids is 1. The van der Waals surface area contributed by atoms with Crippen LogP contribution in [0.15, 0.2) is 47.8 Å². The van der Waals surface area contributed by atoms with Gasteiger partial charge in [0.1, 0.15) is 0 Å². The van der Waals surface area contributed by atoms with Crippen LogP contribution in [0.1, 0.15) is 29.1 Å². The van der Waals surface area contributed by atoms with Crippen LogP contribution in [-0.2, 0) is 22.4 Å². The molecule has 28 heavy (non-hydrogen) atoms. The molecule has 5 nitrogen and oxygen atoms in total. The summed E-state index contributed by atoms with van der Waals surface area (Å²) in [5.41, 5.74) is 1.99. The minimum atomic E-state index is -0.897. The van der Waals surface area contributed by atoms with E-state index in [1.54, 1.807) is 11.3 Å². The maximum absolute atomic E-state index is 12.1. The SMILES string of the molecule is Cc1nc(CCCC(=O)NCC(Cc2cccc3ccccc23)C(=O)O)cs1. The van der Waals surface area contributed by atoms with E-state index >= 15 is 0 Å². The average molecular weight is 397 g/mol. The van der Waals surface area contributed by atoms with Crippen LogP contribution < -0.4 is 5.32 Å². The fourth-order valence-electron chi connectivity index (χ4n) is 3.26. The highest BCUT2D eigenvalue weighted by molar-refractivity contribution is 7.09. The van der Waals surface area contributed by atoms with Gasteiger partial charge in [-0.3, -0.25) is 9.59 Å². The van der Waals surface area contributed by atoms with Gasteiger partial charge in [-0.25, -0.2) is 4.98 Å². The maximum atomic E-state index is 12.1. The highest BCUT2D eigenvalue weighted by atomic mass is 32.1. The van der Waals surface area contributed by atoms with Crippen LogP contribution in [0.25, 0.3) is 10.8 Å². The number of rotatable bonds is 9. The molecule has 1 amide bonds. The van der Waals surface area contributed by atoms with Crippen molar-refractivity contribution in [1.82, 2.24) is 10.3 Å². The number of fused-ring (bicyclic) bond motifs is 1. The van der Waals surface area contributed by atoms with Crippen molar-refractivity contribution in [2.24, 2.45) is 5.92 Å². The number of nitrogens with zero attached hydrogens (tertiary/aromatic N) is 1. The zero-order valence-electron chi connectivity index (χ0n) is 15.9.